The van der Waals surface area contributed by atoms with Gasteiger partial charge in [0.2, 0.25) is 0 Å². The van der Waals surface area contributed by atoms with Crippen LogP contribution in [0.1, 0.15) is 57.8 Å². The van der Waals surface area contributed by atoms with Gasteiger partial charge in [-0.15, -0.1) is 0 Å². The molecular weight excluding hydrogens is 180 g/mol. The fraction of sp³-hybridized carbons (Fsp3) is 1.00. The first-order valence-electron chi connectivity index (χ1n) is 5.85. The summed E-state index contributed by atoms with van der Waals surface area (Å²) in [6.45, 7) is 0. The van der Waals surface area contributed by atoms with Gasteiger partial charge in [-0.05, 0) is 25.7 Å². The van der Waals surface area contributed by atoms with E-state index in [1.54, 1.807) is 0 Å². The van der Waals surface area contributed by atoms with Gasteiger partial charge in [-0.2, -0.15) is 0 Å². The summed E-state index contributed by atoms with van der Waals surface area (Å²) in [6, 6.07) is 0. The number of rotatable bonds is 3. The standard InChI is InChI=1S/C11H20O3/c12-11(8-4-5-9-11)14-13-10-6-2-1-3-7-10/h10,12H,1-9H2. The molecule has 3 heteroatoms. The van der Waals surface area contributed by atoms with Gasteiger partial charge in [0.1, 0.15) is 0 Å². The summed E-state index contributed by atoms with van der Waals surface area (Å²) in [4.78, 5) is 10.5. The predicted octanol–water partition coefficient (Wildman–Crippen LogP) is 2.53. The molecule has 0 aromatic rings. The normalized spacial score (nSPS) is 28.1. The zero-order valence-electron chi connectivity index (χ0n) is 8.71. The van der Waals surface area contributed by atoms with Gasteiger partial charge < -0.3 is 5.11 Å². The summed E-state index contributed by atoms with van der Waals surface area (Å²) in [5.41, 5.74) is 0. The Morgan fingerprint density at radius 3 is 2.21 bits per heavy atom. The van der Waals surface area contributed by atoms with E-state index in [9.17, 15) is 5.11 Å². The minimum Gasteiger partial charge on any atom is -0.363 e. The monoisotopic (exact) mass is 200 g/mol. The van der Waals surface area contributed by atoms with Gasteiger partial charge in [-0.1, -0.05) is 19.3 Å². The summed E-state index contributed by atoms with van der Waals surface area (Å²) < 4.78 is 0. The van der Waals surface area contributed by atoms with Crippen LogP contribution in [-0.4, -0.2) is 17.0 Å². The minimum atomic E-state index is -0.975. The summed E-state index contributed by atoms with van der Waals surface area (Å²) in [5.74, 6) is -0.975. The lowest BCUT2D eigenvalue weighted by Crippen LogP contribution is -2.31. The highest BCUT2D eigenvalue weighted by Gasteiger charge is 2.34. The summed E-state index contributed by atoms with van der Waals surface area (Å²) in [6.07, 6.45) is 9.68. The molecule has 0 radical (unpaired) electrons. The van der Waals surface area contributed by atoms with Gasteiger partial charge >= 0.3 is 0 Å². The van der Waals surface area contributed by atoms with Crippen molar-refractivity contribution < 1.29 is 14.9 Å². The maximum Gasteiger partial charge on any atom is 0.199 e. The van der Waals surface area contributed by atoms with Crippen LogP contribution in [0.2, 0.25) is 0 Å². The molecule has 0 aromatic heterocycles. The molecule has 2 aliphatic rings. The zero-order valence-corrected chi connectivity index (χ0v) is 8.71. The molecule has 82 valence electrons. The van der Waals surface area contributed by atoms with E-state index in [0.717, 1.165) is 38.5 Å². The van der Waals surface area contributed by atoms with Crippen LogP contribution in [0.4, 0.5) is 0 Å². The maximum atomic E-state index is 9.87. The Balaban J connectivity index is 1.70. The third-order valence-electron chi connectivity index (χ3n) is 3.28. The first-order chi connectivity index (χ1) is 6.79. The highest BCUT2D eigenvalue weighted by Crippen LogP contribution is 2.32. The molecule has 0 unspecified atom stereocenters. The van der Waals surface area contributed by atoms with Crippen LogP contribution in [0, 0.1) is 0 Å². The third kappa shape index (κ3) is 2.69. The minimum absolute atomic E-state index is 0.216. The van der Waals surface area contributed by atoms with Crippen molar-refractivity contribution >= 4 is 0 Å². The van der Waals surface area contributed by atoms with E-state index in [4.69, 9.17) is 9.78 Å². The molecule has 0 spiro atoms. The Morgan fingerprint density at radius 1 is 0.929 bits per heavy atom. The van der Waals surface area contributed by atoms with Crippen molar-refractivity contribution in [2.75, 3.05) is 0 Å². The second-order valence-electron chi connectivity index (χ2n) is 4.59. The quantitative estimate of drug-likeness (QED) is 0.432. The number of hydrogen-bond donors (Lipinski definition) is 1. The van der Waals surface area contributed by atoms with Crippen LogP contribution < -0.4 is 0 Å². The van der Waals surface area contributed by atoms with Gasteiger partial charge in [0.15, 0.2) is 5.79 Å². The van der Waals surface area contributed by atoms with E-state index in [-0.39, 0.29) is 6.10 Å². The van der Waals surface area contributed by atoms with Crippen LogP contribution in [0.15, 0.2) is 0 Å². The van der Waals surface area contributed by atoms with E-state index >= 15 is 0 Å². The van der Waals surface area contributed by atoms with Crippen molar-refractivity contribution in [2.45, 2.75) is 69.7 Å². The van der Waals surface area contributed by atoms with E-state index in [0.29, 0.717) is 0 Å². The van der Waals surface area contributed by atoms with Gasteiger partial charge in [-0.25, -0.2) is 9.78 Å². The molecule has 0 aliphatic heterocycles. The Hall–Kier alpha value is -0.120. The Morgan fingerprint density at radius 2 is 1.57 bits per heavy atom. The molecule has 2 aliphatic carbocycles. The van der Waals surface area contributed by atoms with Crippen LogP contribution in [0.5, 0.6) is 0 Å². The van der Waals surface area contributed by atoms with Crippen LogP contribution >= 0.6 is 0 Å². The molecule has 0 saturated heterocycles. The molecule has 0 atom stereocenters. The van der Waals surface area contributed by atoms with E-state index in [2.05, 4.69) is 0 Å². The Labute approximate surface area is 85.3 Å². The lowest BCUT2D eigenvalue weighted by molar-refractivity contribution is -0.436. The van der Waals surface area contributed by atoms with Crippen LogP contribution in [0.3, 0.4) is 0 Å². The molecule has 2 fully saturated rings. The van der Waals surface area contributed by atoms with Gasteiger partial charge in [-0.3, -0.25) is 0 Å². The second kappa shape index (κ2) is 4.60. The van der Waals surface area contributed by atoms with Crippen molar-refractivity contribution in [3.8, 4) is 0 Å². The highest BCUT2D eigenvalue weighted by atomic mass is 17.2. The van der Waals surface area contributed by atoms with E-state index < -0.39 is 5.79 Å². The van der Waals surface area contributed by atoms with Crippen molar-refractivity contribution in [1.29, 1.82) is 0 Å². The molecule has 2 rings (SSSR count). The van der Waals surface area contributed by atoms with Crippen molar-refractivity contribution in [1.82, 2.24) is 0 Å². The van der Waals surface area contributed by atoms with Crippen molar-refractivity contribution in [2.24, 2.45) is 0 Å². The van der Waals surface area contributed by atoms with Gasteiger partial charge in [0.25, 0.3) is 0 Å². The van der Waals surface area contributed by atoms with Crippen molar-refractivity contribution in [3.05, 3.63) is 0 Å². The molecule has 0 heterocycles. The average molecular weight is 200 g/mol. The molecule has 1 N–H and O–H groups in total. The lowest BCUT2D eigenvalue weighted by Gasteiger charge is -2.26. The van der Waals surface area contributed by atoms with Crippen molar-refractivity contribution in [3.63, 3.8) is 0 Å². The number of hydrogen-bond acceptors (Lipinski definition) is 3. The summed E-state index contributed by atoms with van der Waals surface area (Å²) in [5, 5.41) is 9.87. The first-order valence-corrected chi connectivity index (χ1v) is 5.85. The fourth-order valence-electron chi connectivity index (χ4n) is 2.33. The van der Waals surface area contributed by atoms with Crippen LogP contribution in [0.25, 0.3) is 0 Å². The van der Waals surface area contributed by atoms with Crippen LogP contribution in [-0.2, 0) is 9.78 Å². The fourth-order valence-corrected chi connectivity index (χ4v) is 2.33. The average Bonchev–Trinajstić information content (AvgIpc) is 2.65. The highest BCUT2D eigenvalue weighted by molar-refractivity contribution is 4.73. The molecule has 2 saturated carbocycles. The van der Waals surface area contributed by atoms with Gasteiger partial charge in [0.05, 0.1) is 6.10 Å². The molecule has 0 aromatic carbocycles. The number of aliphatic hydroxyl groups is 1. The summed E-state index contributed by atoms with van der Waals surface area (Å²) in [7, 11) is 0. The molecule has 3 nitrogen and oxygen atoms in total. The molecule has 0 amide bonds. The largest absolute Gasteiger partial charge is 0.363 e. The SMILES string of the molecule is OC1(OOC2CCCCC2)CCCC1. The Bertz CT molecular complexity index is 169. The first kappa shape index (κ1) is 10.4. The molecule has 14 heavy (non-hydrogen) atoms. The third-order valence-corrected chi connectivity index (χ3v) is 3.28. The summed E-state index contributed by atoms with van der Waals surface area (Å²) >= 11 is 0. The molecular formula is C11H20O3. The zero-order chi connectivity index (χ0) is 9.86. The van der Waals surface area contributed by atoms with E-state index in [1.807, 2.05) is 0 Å². The predicted molar refractivity (Wildman–Crippen MR) is 52.5 cm³/mol. The molecule has 0 bridgehead atoms. The smallest absolute Gasteiger partial charge is 0.199 e. The Kier molecular flexibility index (Phi) is 3.42. The second-order valence-corrected chi connectivity index (χ2v) is 4.59. The van der Waals surface area contributed by atoms with E-state index in [1.165, 1.54) is 19.3 Å². The lowest BCUT2D eigenvalue weighted by atomic mass is 9.98. The van der Waals surface area contributed by atoms with Gasteiger partial charge in [0, 0.05) is 12.8 Å². The topological polar surface area (TPSA) is 38.7 Å². The maximum absolute atomic E-state index is 9.87.